The van der Waals surface area contributed by atoms with Gasteiger partial charge in [-0.25, -0.2) is 4.39 Å². The van der Waals surface area contributed by atoms with Gasteiger partial charge in [0.1, 0.15) is 11.4 Å². The number of nitrogens with one attached hydrogen (secondary N) is 1. The van der Waals surface area contributed by atoms with Crippen LogP contribution in [0.25, 0.3) is 0 Å². The summed E-state index contributed by atoms with van der Waals surface area (Å²) >= 11 is 0. The fraction of sp³-hybridized carbons (Fsp3) is 0.471. The van der Waals surface area contributed by atoms with Crippen molar-refractivity contribution >= 4 is 5.91 Å². The summed E-state index contributed by atoms with van der Waals surface area (Å²) in [5.74, 6) is 2.26. The second-order valence-electron chi connectivity index (χ2n) is 5.25. The van der Waals surface area contributed by atoms with Crippen LogP contribution in [0.15, 0.2) is 24.3 Å². The second-order valence-corrected chi connectivity index (χ2v) is 5.25. The Hall–Kier alpha value is -1.86. The van der Waals surface area contributed by atoms with Crippen molar-refractivity contribution in [3.8, 4) is 12.3 Å². The van der Waals surface area contributed by atoms with E-state index in [1.54, 1.807) is 30.1 Å². The molecule has 114 valence electrons. The SMILES string of the molecule is C#CC(CC)(CC)NC(=O)CN(C)Cc1ccccc1F. The highest BCUT2D eigenvalue weighted by Gasteiger charge is 2.25. The molecule has 3 nitrogen and oxygen atoms in total. The third-order valence-electron chi connectivity index (χ3n) is 3.67. The Bertz CT molecular complexity index is 518. The minimum Gasteiger partial charge on any atom is -0.339 e. The van der Waals surface area contributed by atoms with E-state index in [2.05, 4.69) is 11.2 Å². The molecule has 0 atom stereocenters. The van der Waals surface area contributed by atoms with Gasteiger partial charge in [-0.3, -0.25) is 9.69 Å². The molecule has 0 fully saturated rings. The van der Waals surface area contributed by atoms with E-state index < -0.39 is 5.54 Å². The predicted octanol–water partition coefficient (Wildman–Crippen LogP) is 2.57. The number of halogens is 1. The lowest BCUT2D eigenvalue weighted by atomic mass is 9.94. The fourth-order valence-corrected chi connectivity index (χ4v) is 2.19. The van der Waals surface area contributed by atoms with Crippen molar-refractivity contribution in [2.45, 2.75) is 38.8 Å². The maximum atomic E-state index is 13.6. The van der Waals surface area contributed by atoms with Gasteiger partial charge in [-0.05, 0) is 26.0 Å². The van der Waals surface area contributed by atoms with Crippen LogP contribution in [0.1, 0.15) is 32.3 Å². The van der Waals surface area contributed by atoms with E-state index in [0.717, 1.165) is 0 Å². The molecule has 0 bridgehead atoms. The normalized spacial score (nSPS) is 11.2. The van der Waals surface area contributed by atoms with E-state index in [1.165, 1.54) is 6.07 Å². The molecular weight excluding hydrogens is 267 g/mol. The molecule has 0 heterocycles. The molecule has 0 saturated heterocycles. The van der Waals surface area contributed by atoms with Crippen molar-refractivity contribution in [2.24, 2.45) is 0 Å². The van der Waals surface area contributed by atoms with Gasteiger partial charge in [0.15, 0.2) is 0 Å². The van der Waals surface area contributed by atoms with Gasteiger partial charge < -0.3 is 5.32 Å². The summed E-state index contributed by atoms with van der Waals surface area (Å²) in [5.41, 5.74) is -0.0161. The maximum Gasteiger partial charge on any atom is 0.235 e. The Morgan fingerprint density at radius 3 is 2.52 bits per heavy atom. The number of hydrogen-bond donors (Lipinski definition) is 1. The zero-order valence-corrected chi connectivity index (χ0v) is 12.9. The van der Waals surface area contributed by atoms with Crippen molar-refractivity contribution in [3.63, 3.8) is 0 Å². The first-order valence-corrected chi connectivity index (χ1v) is 7.17. The smallest absolute Gasteiger partial charge is 0.235 e. The highest BCUT2D eigenvalue weighted by molar-refractivity contribution is 5.79. The summed E-state index contributed by atoms with van der Waals surface area (Å²) in [6.07, 6.45) is 6.89. The summed E-state index contributed by atoms with van der Waals surface area (Å²) in [5, 5.41) is 2.90. The van der Waals surface area contributed by atoms with Crippen LogP contribution in [0.2, 0.25) is 0 Å². The average Bonchev–Trinajstić information content (AvgIpc) is 2.47. The van der Waals surface area contributed by atoms with E-state index in [-0.39, 0.29) is 18.3 Å². The number of hydrogen-bond acceptors (Lipinski definition) is 2. The Balaban J connectivity index is 2.59. The van der Waals surface area contributed by atoms with Crippen LogP contribution in [0.5, 0.6) is 0 Å². The van der Waals surface area contributed by atoms with E-state index >= 15 is 0 Å². The summed E-state index contributed by atoms with van der Waals surface area (Å²) in [6.45, 7) is 4.46. The van der Waals surface area contributed by atoms with Crippen molar-refractivity contribution in [2.75, 3.05) is 13.6 Å². The topological polar surface area (TPSA) is 32.3 Å². The quantitative estimate of drug-likeness (QED) is 0.783. The first-order valence-electron chi connectivity index (χ1n) is 7.17. The number of nitrogens with zero attached hydrogens (tertiary/aromatic N) is 1. The van der Waals surface area contributed by atoms with Crippen LogP contribution in [0.3, 0.4) is 0 Å². The summed E-state index contributed by atoms with van der Waals surface area (Å²) in [4.78, 5) is 13.8. The van der Waals surface area contributed by atoms with E-state index in [0.29, 0.717) is 24.9 Å². The molecule has 1 N–H and O–H groups in total. The summed E-state index contributed by atoms with van der Waals surface area (Å²) in [7, 11) is 1.78. The zero-order valence-electron chi connectivity index (χ0n) is 12.9. The lowest BCUT2D eigenvalue weighted by Gasteiger charge is -2.28. The standard InChI is InChI=1S/C17H23FN2O/c1-5-17(6-2,7-3)19-16(21)13-20(4)12-14-10-8-9-11-15(14)18/h1,8-11H,6-7,12-13H2,2-4H3,(H,19,21). The van der Waals surface area contributed by atoms with Crippen LogP contribution < -0.4 is 5.32 Å². The Morgan fingerprint density at radius 1 is 1.38 bits per heavy atom. The largest absolute Gasteiger partial charge is 0.339 e. The van der Waals surface area contributed by atoms with Crippen molar-refractivity contribution < 1.29 is 9.18 Å². The first kappa shape index (κ1) is 17.2. The van der Waals surface area contributed by atoms with Gasteiger partial charge in [0.2, 0.25) is 5.91 Å². The van der Waals surface area contributed by atoms with Crippen molar-refractivity contribution in [3.05, 3.63) is 35.6 Å². The molecule has 0 unspecified atom stereocenters. The number of likely N-dealkylation sites (N-methyl/N-ethyl adjacent to an activating group) is 1. The Kier molecular flexibility index (Phi) is 6.39. The number of carbonyl (C=O) groups is 1. The lowest BCUT2D eigenvalue weighted by molar-refractivity contribution is -0.123. The molecule has 0 aliphatic carbocycles. The predicted molar refractivity (Wildman–Crippen MR) is 83.0 cm³/mol. The minimum absolute atomic E-state index is 0.143. The molecule has 0 aliphatic heterocycles. The Labute approximate surface area is 126 Å². The number of amides is 1. The number of rotatable bonds is 7. The van der Waals surface area contributed by atoms with E-state index in [9.17, 15) is 9.18 Å². The van der Waals surface area contributed by atoms with Gasteiger partial charge in [-0.2, -0.15) is 0 Å². The molecule has 0 aliphatic rings. The fourth-order valence-electron chi connectivity index (χ4n) is 2.19. The maximum absolute atomic E-state index is 13.6. The summed E-state index contributed by atoms with van der Waals surface area (Å²) in [6, 6.07) is 6.56. The summed E-state index contributed by atoms with van der Waals surface area (Å²) < 4.78 is 13.6. The Morgan fingerprint density at radius 2 is 2.00 bits per heavy atom. The van der Waals surface area contributed by atoms with Crippen LogP contribution in [0, 0.1) is 18.2 Å². The molecule has 1 amide bonds. The van der Waals surface area contributed by atoms with Crippen LogP contribution in [0.4, 0.5) is 4.39 Å². The molecule has 0 radical (unpaired) electrons. The second kappa shape index (κ2) is 7.80. The zero-order chi connectivity index (χ0) is 15.9. The van der Waals surface area contributed by atoms with E-state index in [4.69, 9.17) is 6.42 Å². The van der Waals surface area contributed by atoms with Crippen molar-refractivity contribution in [1.82, 2.24) is 10.2 Å². The van der Waals surface area contributed by atoms with E-state index in [1.807, 2.05) is 13.8 Å². The minimum atomic E-state index is -0.587. The van der Waals surface area contributed by atoms with Gasteiger partial charge >= 0.3 is 0 Å². The first-order chi connectivity index (χ1) is 9.96. The molecule has 0 saturated carbocycles. The number of carbonyl (C=O) groups excluding carboxylic acids is 1. The molecule has 0 spiro atoms. The number of terminal acetylenes is 1. The highest BCUT2D eigenvalue weighted by Crippen LogP contribution is 2.14. The molecule has 1 aromatic rings. The third-order valence-corrected chi connectivity index (χ3v) is 3.67. The van der Waals surface area contributed by atoms with Gasteiger partial charge in [0.25, 0.3) is 0 Å². The third kappa shape index (κ3) is 4.87. The van der Waals surface area contributed by atoms with Gasteiger partial charge in [0.05, 0.1) is 6.54 Å². The van der Waals surface area contributed by atoms with Gasteiger partial charge in [-0.1, -0.05) is 38.0 Å². The molecule has 0 aromatic heterocycles. The average molecular weight is 290 g/mol. The number of benzene rings is 1. The molecule has 21 heavy (non-hydrogen) atoms. The monoisotopic (exact) mass is 290 g/mol. The highest BCUT2D eigenvalue weighted by atomic mass is 19.1. The molecule has 1 aromatic carbocycles. The van der Waals surface area contributed by atoms with Gasteiger partial charge in [-0.15, -0.1) is 6.42 Å². The van der Waals surface area contributed by atoms with Crippen LogP contribution >= 0.6 is 0 Å². The molecular formula is C17H23FN2O. The molecule has 1 rings (SSSR count). The van der Waals surface area contributed by atoms with Gasteiger partial charge in [0, 0.05) is 12.1 Å². The molecule has 4 heteroatoms. The lowest BCUT2D eigenvalue weighted by Crippen LogP contribution is -2.49. The van der Waals surface area contributed by atoms with Crippen molar-refractivity contribution in [1.29, 1.82) is 0 Å². The van der Waals surface area contributed by atoms with Crippen LogP contribution in [-0.4, -0.2) is 29.9 Å². The van der Waals surface area contributed by atoms with Crippen LogP contribution in [-0.2, 0) is 11.3 Å².